The van der Waals surface area contributed by atoms with Gasteiger partial charge in [-0.3, -0.25) is 14.5 Å². The maximum atomic E-state index is 11.9. The van der Waals surface area contributed by atoms with Crippen LogP contribution in [0.1, 0.15) is 19.4 Å². The molecule has 0 bridgehead atoms. The minimum atomic E-state index is -0.550. The SMILES string of the molecule is CCNC(=O)[C@@H](C)NC(=O)CN(C)Cc1ccc(Cl)c(Cl)c1. The van der Waals surface area contributed by atoms with Crippen molar-refractivity contribution in [3.63, 3.8) is 0 Å². The molecule has 2 amide bonds. The van der Waals surface area contributed by atoms with E-state index in [1.807, 2.05) is 24.9 Å². The van der Waals surface area contributed by atoms with E-state index in [-0.39, 0.29) is 18.4 Å². The van der Waals surface area contributed by atoms with E-state index >= 15 is 0 Å². The Labute approximate surface area is 141 Å². The third kappa shape index (κ3) is 6.22. The molecule has 2 N–H and O–H groups in total. The van der Waals surface area contributed by atoms with Gasteiger partial charge in [0.05, 0.1) is 16.6 Å². The molecule has 0 saturated carbocycles. The molecule has 0 spiro atoms. The summed E-state index contributed by atoms with van der Waals surface area (Å²) in [7, 11) is 1.82. The molecule has 1 atom stereocenters. The number of likely N-dealkylation sites (N-methyl/N-ethyl adjacent to an activating group) is 2. The predicted octanol–water partition coefficient (Wildman–Crippen LogP) is 2.07. The molecule has 1 aromatic carbocycles. The lowest BCUT2D eigenvalue weighted by Crippen LogP contribution is -2.47. The van der Waals surface area contributed by atoms with E-state index in [0.29, 0.717) is 23.1 Å². The molecule has 7 heteroatoms. The van der Waals surface area contributed by atoms with Crippen molar-refractivity contribution in [2.45, 2.75) is 26.4 Å². The first kappa shape index (κ1) is 18.7. The van der Waals surface area contributed by atoms with Crippen LogP contribution in [-0.4, -0.2) is 42.9 Å². The van der Waals surface area contributed by atoms with E-state index < -0.39 is 6.04 Å². The van der Waals surface area contributed by atoms with Crippen molar-refractivity contribution in [3.8, 4) is 0 Å². The summed E-state index contributed by atoms with van der Waals surface area (Å²) in [6.07, 6.45) is 0. The van der Waals surface area contributed by atoms with Gasteiger partial charge in [-0.1, -0.05) is 29.3 Å². The molecule has 0 aromatic heterocycles. The van der Waals surface area contributed by atoms with Gasteiger partial charge < -0.3 is 10.6 Å². The highest BCUT2D eigenvalue weighted by Crippen LogP contribution is 2.22. The fourth-order valence-electron chi connectivity index (χ4n) is 1.93. The Bertz CT molecular complexity index is 538. The molecule has 0 radical (unpaired) electrons. The van der Waals surface area contributed by atoms with Gasteiger partial charge in [-0.05, 0) is 38.6 Å². The van der Waals surface area contributed by atoms with Crippen LogP contribution in [0.3, 0.4) is 0 Å². The first-order chi connectivity index (χ1) is 10.3. The Kier molecular flexibility index (Phi) is 7.65. The number of rotatable bonds is 7. The van der Waals surface area contributed by atoms with Crippen LogP contribution in [-0.2, 0) is 16.1 Å². The van der Waals surface area contributed by atoms with Crippen molar-refractivity contribution in [1.82, 2.24) is 15.5 Å². The smallest absolute Gasteiger partial charge is 0.242 e. The van der Waals surface area contributed by atoms with Gasteiger partial charge >= 0.3 is 0 Å². The van der Waals surface area contributed by atoms with Crippen LogP contribution in [0, 0.1) is 0 Å². The molecule has 0 aliphatic carbocycles. The van der Waals surface area contributed by atoms with E-state index in [1.165, 1.54) is 0 Å². The minimum absolute atomic E-state index is 0.185. The van der Waals surface area contributed by atoms with Gasteiger partial charge in [0, 0.05) is 13.1 Å². The normalized spacial score (nSPS) is 12.1. The number of nitrogens with one attached hydrogen (secondary N) is 2. The number of hydrogen-bond acceptors (Lipinski definition) is 3. The molecule has 1 rings (SSSR count). The fourth-order valence-corrected chi connectivity index (χ4v) is 2.25. The average Bonchev–Trinajstić information content (AvgIpc) is 2.42. The number of hydrogen-bond donors (Lipinski definition) is 2. The molecule has 0 aliphatic heterocycles. The van der Waals surface area contributed by atoms with Gasteiger partial charge in [-0.25, -0.2) is 0 Å². The maximum absolute atomic E-state index is 11.9. The summed E-state index contributed by atoms with van der Waals surface area (Å²) in [5.41, 5.74) is 0.960. The van der Waals surface area contributed by atoms with E-state index in [2.05, 4.69) is 10.6 Å². The minimum Gasteiger partial charge on any atom is -0.355 e. The van der Waals surface area contributed by atoms with E-state index in [9.17, 15) is 9.59 Å². The first-order valence-corrected chi connectivity index (χ1v) is 7.78. The highest BCUT2D eigenvalue weighted by molar-refractivity contribution is 6.42. The lowest BCUT2D eigenvalue weighted by atomic mass is 10.2. The molecule has 122 valence electrons. The largest absolute Gasteiger partial charge is 0.355 e. The van der Waals surface area contributed by atoms with Gasteiger partial charge in [0.2, 0.25) is 11.8 Å². The second-order valence-corrected chi connectivity index (χ2v) is 5.92. The zero-order valence-electron chi connectivity index (χ0n) is 13.0. The van der Waals surface area contributed by atoms with Crippen LogP contribution in [0.4, 0.5) is 0 Å². The second kappa shape index (κ2) is 8.98. The van der Waals surface area contributed by atoms with Crippen LogP contribution >= 0.6 is 23.2 Å². The Morgan fingerprint density at radius 2 is 1.95 bits per heavy atom. The lowest BCUT2D eigenvalue weighted by molar-refractivity contribution is -0.129. The standard InChI is InChI=1S/C15H21Cl2N3O2/c1-4-18-15(22)10(2)19-14(21)9-20(3)8-11-5-6-12(16)13(17)7-11/h5-7,10H,4,8-9H2,1-3H3,(H,18,22)(H,19,21)/t10-/m1/s1. The van der Waals surface area contributed by atoms with Crippen molar-refractivity contribution >= 4 is 35.0 Å². The molecule has 0 aliphatic rings. The molecule has 0 unspecified atom stereocenters. The number of carbonyl (C=O) groups is 2. The number of amides is 2. The van der Waals surface area contributed by atoms with Crippen LogP contribution in [0.5, 0.6) is 0 Å². The van der Waals surface area contributed by atoms with Gasteiger partial charge in [-0.15, -0.1) is 0 Å². The van der Waals surface area contributed by atoms with E-state index in [1.54, 1.807) is 19.1 Å². The van der Waals surface area contributed by atoms with E-state index in [0.717, 1.165) is 5.56 Å². The molecule has 0 fully saturated rings. The van der Waals surface area contributed by atoms with Gasteiger partial charge in [0.1, 0.15) is 6.04 Å². The Morgan fingerprint density at radius 1 is 1.27 bits per heavy atom. The van der Waals surface area contributed by atoms with Crippen molar-refractivity contribution in [2.24, 2.45) is 0 Å². The Morgan fingerprint density at radius 3 is 2.55 bits per heavy atom. The Balaban J connectivity index is 2.46. The van der Waals surface area contributed by atoms with Crippen molar-refractivity contribution in [3.05, 3.63) is 33.8 Å². The monoisotopic (exact) mass is 345 g/mol. The Hall–Kier alpha value is -1.30. The van der Waals surface area contributed by atoms with Gasteiger partial charge in [0.25, 0.3) is 0 Å². The van der Waals surface area contributed by atoms with E-state index in [4.69, 9.17) is 23.2 Å². The lowest BCUT2D eigenvalue weighted by Gasteiger charge is -2.19. The van der Waals surface area contributed by atoms with Crippen LogP contribution in [0.2, 0.25) is 10.0 Å². The molecule has 0 saturated heterocycles. The molecule has 22 heavy (non-hydrogen) atoms. The molecular weight excluding hydrogens is 325 g/mol. The van der Waals surface area contributed by atoms with Gasteiger partial charge in [0.15, 0.2) is 0 Å². The predicted molar refractivity (Wildman–Crippen MR) is 89.1 cm³/mol. The second-order valence-electron chi connectivity index (χ2n) is 5.10. The summed E-state index contributed by atoms with van der Waals surface area (Å²) >= 11 is 11.8. The summed E-state index contributed by atoms with van der Waals surface area (Å²) in [6, 6.07) is 4.81. The average molecular weight is 346 g/mol. The summed E-state index contributed by atoms with van der Waals surface area (Å²) in [5, 5.41) is 6.31. The molecule has 1 aromatic rings. The fraction of sp³-hybridized carbons (Fsp3) is 0.467. The van der Waals surface area contributed by atoms with Crippen LogP contribution < -0.4 is 10.6 Å². The van der Waals surface area contributed by atoms with Gasteiger partial charge in [-0.2, -0.15) is 0 Å². The van der Waals surface area contributed by atoms with Crippen LogP contribution in [0.25, 0.3) is 0 Å². The highest BCUT2D eigenvalue weighted by Gasteiger charge is 2.15. The van der Waals surface area contributed by atoms with Crippen molar-refractivity contribution in [2.75, 3.05) is 20.1 Å². The third-order valence-corrected chi connectivity index (χ3v) is 3.71. The van der Waals surface area contributed by atoms with Crippen molar-refractivity contribution < 1.29 is 9.59 Å². The molecular formula is C15H21Cl2N3O2. The molecule has 5 nitrogen and oxygen atoms in total. The maximum Gasteiger partial charge on any atom is 0.242 e. The number of halogens is 2. The zero-order chi connectivity index (χ0) is 16.7. The quantitative estimate of drug-likeness (QED) is 0.795. The highest BCUT2D eigenvalue weighted by atomic mass is 35.5. The summed E-state index contributed by atoms with van der Waals surface area (Å²) < 4.78 is 0. The zero-order valence-corrected chi connectivity index (χ0v) is 14.5. The van der Waals surface area contributed by atoms with Crippen LogP contribution in [0.15, 0.2) is 18.2 Å². The first-order valence-electron chi connectivity index (χ1n) is 7.03. The third-order valence-electron chi connectivity index (χ3n) is 2.97. The topological polar surface area (TPSA) is 61.4 Å². The van der Waals surface area contributed by atoms with Crippen molar-refractivity contribution in [1.29, 1.82) is 0 Å². The number of benzene rings is 1. The molecule has 0 heterocycles. The summed E-state index contributed by atoms with van der Waals surface area (Å²) in [6.45, 7) is 4.76. The summed E-state index contributed by atoms with van der Waals surface area (Å²) in [4.78, 5) is 25.3. The number of carbonyl (C=O) groups excluding carboxylic acids is 2. The number of nitrogens with zero attached hydrogens (tertiary/aromatic N) is 1. The summed E-state index contributed by atoms with van der Waals surface area (Å²) in [5.74, 6) is -0.399.